The minimum atomic E-state index is 0.00185. The molecule has 1 heterocycles. The molecule has 2 aromatic carbocycles. The molecule has 0 fully saturated rings. The van der Waals surface area contributed by atoms with Crippen molar-refractivity contribution in [3.05, 3.63) is 70.2 Å². The molecule has 6 N–H and O–H groups in total. The quantitative estimate of drug-likeness (QED) is 0.243. The number of hydrogen-bond donors (Lipinski definition) is 4. The van der Waals surface area contributed by atoms with Crippen LogP contribution in [0.4, 0.5) is 0 Å². The molecule has 0 amide bonds. The van der Waals surface area contributed by atoms with Crippen LogP contribution in [0.2, 0.25) is 5.02 Å². The molecule has 0 aliphatic heterocycles. The third kappa shape index (κ3) is 4.50. The van der Waals surface area contributed by atoms with Crippen molar-refractivity contribution in [1.82, 2.24) is 0 Å². The van der Waals surface area contributed by atoms with Crippen molar-refractivity contribution in [2.24, 2.45) is 11.5 Å². The van der Waals surface area contributed by atoms with Crippen LogP contribution in [-0.2, 0) is 11.3 Å². The molecule has 0 aliphatic rings. The summed E-state index contributed by atoms with van der Waals surface area (Å²) in [7, 11) is 0. The average Bonchev–Trinajstić information content (AvgIpc) is 3.05. The molecule has 0 aliphatic carbocycles. The first kappa shape index (κ1) is 20.6. The number of nitrogen functional groups attached to an aromatic ring is 2. The highest BCUT2D eigenvalue weighted by Crippen LogP contribution is 2.41. The van der Waals surface area contributed by atoms with E-state index in [0.717, 1.165) is 23.1 Å². The Morgan fingerprint density at radius 3 is 1.83 bits per heavy atom. The predicted octanol–water partition coefficient (Wildman–Crippen LogP) is 4.76. The van der Waals surface area contributed by atoms with Crippen molar-refractivity contribution in [3.63, 3.8) is 0 Å². The number of halogens is 1. The first-order valence-corrected chi connectivity index (χ1v) is 9.58. The zero-order valence-corrected chi connectivity index (χ0v) is 16.8. The standard InChI is InChI=1S/C22H23ClN4O2/c1-2-11-28-12-17-18(23)20(14-5-9-16(10-6-14)22(26)27)29-19(17)13-3-7-15(8-4-13)21(24)25/h3-10H,2,11-12H2,1H3,(H3,24,25)(H3,26,27). The van der Waals surface area contributed by atoms with Crippen LogP contribution >= 0.6 is 11.6 Å². The topological polar surface area (TPSA) is 122 Å². The van der Waals surface area contributed by atoms with Gasteiger partial charge in [0, 0.05) is 34.4 Å². The van der Waals surface area contributed by atoms with Crippen LogP contribution in [0.15, 0.2) is 52.9 Å². The van der Waals surface area contributed by atoms with Crippen molar-refractivity contribution in [1.29, 1.82) is 10.8 Å². The van der Waals surface area contributed by atoms with E-state index in [2.05, 4.69) is 0 Å². The fraction of sp³-hybridized carbons (Fsp3) is 0.182. The van der Waals surface area contributed by atoms with Gasteiger partial charge in [-0.2, -0.15) is 0 Å². The molecule has 1 aromatic heterocycles. The number of rotatable bonds is 8. The number of ether oxygens (including phenoxy) is 1. The van der Waals surface area contributed by atoms with Crippen LogP contribution in [-0.4, -0.2) is 18.3 Å². The summed E-state index contributed by atoms with van der Waals surface area (Å²) in [6.45, 7) is 2.98. The number of nitrogens with two attached hydrogens (primary N) is 2. The first-order chi connectivity index (χ1) is 13.9. The monoisotopic (exact) mass is 410 g/mol. The zero-order chi connectivity index (χ0) is 21.0. The third-order valence-corrected chi connectivity index (χ3v) is 4.85. The largest absolute Gasteiger partial charge is 0.454 e. The van der Waals surface area contributed by atoms with Crippen LogP contribution < -0.4 is 11.5 Å². The molecule has 7 heteroatoms. The number of hydrogen-bond acceptors (Lipinski definition) is 4. The van der Waals surface area contributed by atoms with E-state index in [0.29, 0.717) is 40.9 Å². The molecule has 0 radical (unpaired) electrons. The second-order valence-electron chi connectivity index (χ2n) is 6.59. The summed E-state index contributed by atoms with van der Waals surface area (Å²) < 4.78 is 11.9. The van der Waals surface area contributed by atoms with Gasteiger partial charge in [0.1, 0.15) is 17.4 Å². The van der Waals surface area contributed by atoms with Crippen LogP contribution in [0, 0.1) is 10.8 Å². The molecule has 150 valence electrons. The summed E-state index contributed by atoms with van der Waals surface area (Å²) in [5, 5.41) is 15.6. The molecular weight excluding hydrogens is 388 g/mol. The molecule has 0 spiro atoms. The number of benzene rings is 2. The van der Waals surface area contributed by atoms with Gasteiger partial charge in [-0.1, -0.05) is 67.1 Å². The molecule has 0 saturated heterocycles. The Hall–Kier alpha value is -3.09. The van der Waals surface area contributed by atoms with Gasteiger partial charge >= 0.3 is 0 Å². The van der Waals surface area contributed by atoms with Gasteiger partial charge in [0.05, 0.1) is 11.6 Å². The molecule has 0 saturated carbocycles. The highest BCUT2D eigenvalue weighted by atomic mass is 35.5. The van der Waals surface area contributed by atoms with Crippen LogP contribution in [0.5, 0.6) is 0 Å². The maximum atomic E-state index is 7.55. The van der Waals surface area contributed by atoms with Gasteiger partial charge in [-0.15, -0.1) is 0 Å². The molecular formula is C22H23ClN4O2. The minimum absolute atomic E-state index is 0.00185. The zero-order valence-electron chi connectivity index (χ0n) is 16.1. The van der Waals surface area contributed by atoms with Gasteiger partial charge in [0.15, 0.2) is 5.76 Å². The van der Waals surface area contributed by atoms with Gasteiger partial charge in [-0.3, -0.25) is 10.8 Å². The Morgan fingerprint density at radius 1 is 0.897 bits per heavy atom. The minimum Gasteiger partial charge on any atom is -0.454 e. The first-order valence-electron chi connectivity index (χ1n) is 9.21. The van der Waals surface area contributed by atoms with Gasteiger partial charge in [-0.05, 0) is 6.42 Å². The highest BCUT2D eigenvalue weighted by molar-refractivity contribution is 6.34. The van der Waals surface area contributed by atoms with Crippen molar-refractivity contribution in [2.75, 3.05) is 6.61 Å². The van der Waals surface area contributed by atoms with Crippen molar-refractivity contribution >= 4 is 23.3 Å². The smallest absolute Gasteiger partial charge is 0.153 e. The van der Waals surface area contributed by atoms with E-state index in [1.54, 1.807) is 24.3 Å². The molecule has 3 aromatic rings. The Morgan fingerprint density at radius 2 is 1.38 bits per heavy atom. The van der Waals surface area contributed by atoms with E-state index in [4.69, 9.17) is 43.0 Å². The molecule has 0 unspecified atom stereocenters. The molecule has 3 rings (SSSR count). The lowest BCUT2D eigenvalue weighted by molar-refractivity contribution is 0.121. The normalized spacial score (nSPS) is 10.8. The van der Waals surface area contributed by atoms with E-state index in [1.165, 1.54) is 0 Å². The average molecular weight is 411 g/mol. The van der Waals surface area contributed by atoms with Crippen molar-refractivity contribution < 1.29 is 9.15 Å². The number of nitrogens with one attached hydrogen (secondary N) is 2. The Kier molecular flexibility index (Phi) is 6.36. The lowest BCUT2D eigenvalue weighted by Gasteiger charge is -2.05. The molecule has 0 bridgehead atoms. The fourth-order valence-electron chi connectivity index (χ4n) is 2.91. The predicted molar refractivity (Wildman–Crippen MR) is 117 cm³/mol. The number of furan rings is 1. The summed E-state index contributed by atoms with van der Waals surface area (Å²) in [5.74, 6) is 1.16. The van der Waals surface area contributed by atoms with E-state index in [9.17, 15) is 0 Å². The van der Waals surface area contributed by atoms with Gasteiger partial charge in [0.2, 0.25) is 0 Å². The Bertz CT molecular complexity index is 1020. The van der Waals surface area contributed by atoms with Crippen molar-refractivity contribution in [2.45, 2.75) is 20.0 Å². The third-order valence-electron chi connectivity index (χ3n) is 4.45. The fourth-order valence-corrected chi connectivity index (χ4v) is 3.20. The van der Waals surface area contributed by atoms with Crippen LogP contribution in [0.1, 0.15) is 30.0 Å². The number of amidine groups is 2. The second-order valence-corrected chi connectivity index (χ2v) is 6.97. The van der Waals surface area contributed by atoms with E-state index in [1.807, 2.05) is 31.2 Å². The summed E-state index contributed by atoms with van der Waals surface area (Å²) in [6.07, 6.45) is 0.900. The summed E-state index contributed by atoms with van der Waals surface area (Å²) in [4.78, 5) is 0. The van der Waals surface area contributed by atoms with Crippen LogP contribution in [0.3, 0.4) is 0 Å². The molecule has 0 atom stereocenters. The summed E-state index contributed by atoms with van der Waals surface area (Å²) >= 11 is 6.68. The maximum Gasteiger partial charge on any atom is 0.153 e. The van der Waals surface area contributed by atoms with E-state index < -0.39 is 0 Å². The highest BCUT2D eigenvalue weighted by Gasteiger charge is 2.21. The van der Waals surface area contributed by atoms with E-state index >= 15 is 0 Å². The SMILES string of the molecule is CCCOCc1c(-c2ccc(C(=N)N)cc2)oc(-c2ccc(C(=N)N)cc2)c1Cl. The van der Waals surface area contributed by atoms with Crippen LogP contribution in [0.25, 0.3) is 22.6 Å². The molecule has 29 heavy (non-hydrogen) atoms. The van der Waals surface area contributed by atoms with Gasteiger partial charge < -0.3 is 20.6 Å². The Balaban J connectivity index is 2.05. The molecule has 6 nitrogen and oxygen atoms in total. The summed E-state index contributed by atoms with van der Waals surface area (Å²) in [5.41, 5.74) is 14.7. The van der Waals surface area contributed by atoms with E-state index in [-0.39, 0.29) is 11.7 Å². The van der Waals surface area contributed by atoms with Crippen molar-refractivity contribution in [3.8, 4) is 22.6 Å². The maximum absolute atomic E-state index is 7.55. The Labute approximate surface area is 174 Å². The lowest BCUT2D eigenvalue weighted by Crippen LogP contribution is -2.10. The lowest BCUT2D eigenvalue weighted by atomic mass is 10.1. The van der Waals surface area contributed by atoms with Gasteiger partial charge in [0.25, 0.3) is 0 Å². The summed E-state index contributed by atoms with van der Waals surface area (Å²) in [6, 6.07) is 14.4. The second kappa shape index (κ2) is 8.94. The van der Waals surface area contributed by atoms with Gasteiger partial charge in [-0.25, -0.2) is 0 Å².